The second-order valence-corrected chi connectivity index (χ2v) is 4.27. The number of epoxide rings is 1. The fraction of sp³-hybridized carbons (Fsp3) is 0.400. The first-order chi connectivity index (χ1) is 8.79. The number of ether oxygens (including phenoxy) is 2. The van der Waals surface area contributed by atoms with Crippen LogP contribution in [-0.2, 0) is 20.7 Å². The number of hydrogen-bond donors (Lipinski definition) is 0. The lowest BCUT2D eigenvalue weighted by Gasteiger charge is -1.97. The van der Waals surface area contributed by atoms with Crippen molar-refractivity contribution in [1.82, 2.24) is 0 Å². The lowest BCUT2D eigenvalue weighted by molar-refractivity contribution is -0.137. The molecule has 0 aromatic heterocycles. The molecular formula is C15H18O3. The van der Waals surface area contributed by atoms with E-state index in [9.17, 15) is 4.79 Å². The summed E-state index contributed by atoms with van der Waals surface area (Å²) in [5.74, 6) is -0.296. The Balaban J connectivity index is 1.68. The Hall–Kier alpha value is -1.61. The highest BCUT2D eigenvalue weighted by atomic mass is 16.6. The smallest absolute Gasteiger partial charge is 0.330 e. The lowest BCUT2D eigenvalue weighted by Crippen LogP contribution is -2.00. The van der Waals surface area contributed by atoms with Crippen LogP contribution >= 0.6 is 0 Å². The predicted molar refractivity (Wildman–Crippen MR) is 69.2 cm³/mol. The summed E-state index contributed by atoms with van der Waals surface area (Å²) in [4.78, 5) is 11.1. The molecule has 2 unspecified atom stereocenters. The van der Waals surface area contributed by atoms with E-state index in [2.05, 4.69) is 12.1 Å². The SMILES string of the molecule is CCOC(=O)C=CC1OC1CCc1ccccc1. The van der Waals surface area contributed by atoms with Crippen LogP contribution in [0.4, 0.5) is 0 Å². The molecule has 18 heavy (non-hydrogen) atoms. The van der Waals surface area contributed by atoms with Crippen LogP contribution in [0, 0.1) is 0 Å². The van der Waals surface area contributed by atoms with Crippen molar-refractivity contribution in [3.8, 4) is 0 Å². The van der Waals surface area contributed by atoms with E-state index in [1.54, 1.807) is 13.0 Å². The molecule has 0 aliphatic carbocycles. The molecule has 0 N–H and O–H groups in total. The molecule has 1 aliphatic rings. The molecule has 2 atom stereocenters. The average Bonchev–Trinajstić information content (AvgIpc) is 3.14. The van der Waals surface area contributed by atoms with Crippen molar-refractivity contribution < 1.29 is 14.3 Å². The van der Waals surface area contributed by atoms with E-state index in [0.29, 0.717) is 6.61 Å². The number of esters is 1. The molecule has 1 aliphatic heterocycles. The minimum Gasteiger partial charge on any atom is -0.463 e. The van der Waals surface area contributed by atoms with Crippen molar-refractivity contribution in [2.75, 3.05) is 6.61 Å². The maximum atomic E-state index is 11.1. The molecule has 0 saturated carbocycles. The molecule has 2 rings (SSSR count). The summed E-state index contributed by atoms with van der Waals surface area (Å²) in [5, 5.41) is 0. The fourth-order valence-corrected chi connectivity index (χ4v) is 1.88. The molecule has 1 aromatic carbocycles. The first kappa shape index (κ1) is 12.8. The molecule has 0 radical (unpaired) electrons. The third-order valence-corrected chi connectivity index (χ3v) is 2.89. The van der Waals surface area contributed by atoms with Gasteiger partial charge in [0.2, 0.25) is 0 Å². The van der Waals surface area contributed by atoms with Crippen LogP contribution in [0.2, 0.25) is 0 Å². The monoisotopic (exact) mass is 246 g/mol. The second kappa shape index (κ2) is 6.36. The van der Waals surface area contributed by atoms with Crippen LogP contribution in [0.25, 0.3) is 0 Å². The van der Waals surface area contributed by atoms with Gasteiger partial charge in [0.25, 0.3) is 0 Å². The second-order valence-electron chi connectivity index (χ2n) is 4.27. The maximum absolute atomic E-state index is 11.1. The topological polar surface area (TPSA) is 38.8 Å². The zero-order valence-corrected chi connectivity index (χ0v) is 10.5. The number of aryl methyl sites for hydroxylation is 1. The van der Waals surface area contributed by atoms with Gasteiger partial charge in [0.1, 0.15) is 6.10 Å². The highest BCUT2D eigenvalue weighted by molar-refractivity contribution is 5.82. The molecule has 1 aromatic rings. The van der Waals surface area contributed by atoms with Crippen LogP contribution in [-0.4, -0.2) is 24.8 Å². The van der Waals surface area contributed by atoms with Crippen LogP contribution in [0.5, 0.6) is 0 Å². The van der Waals surface area contributed by atoms with Crippen molar-refractivity contribution in [1.29, 1.82) is 0 Å². The van der Waals surface area contributed by atoms with E-state index < -0.39 is 0 Å². The first-order valence-electron chi connectivity index (χ1n) is 6.34. The Morgan fingerprint density at radius 2 is 2.17 bits per heavy atom. The Bertz CT molecular complexity index is 411. The molecule has 96 valence electrons. The van der Waals surface area contributed by atoms with Crippen molar-refractivity contribution in [2.45, 2.75) is 32.0 Å². The molecular weight excluding hydrogens is 228 g/mol. The van der Waals surface area contributed by atoms with Crippen LogP contribution in [0.3, 0.4) is 0 Å². The van der Waals surface area contributed by atoms with Gasteiger partial charge in [0.05, 0.1) is 12.7 Å². The summed E-state index contributed by atoms with van der Waals surface area (Å²) in [6.07, 6.45) is 5.57. The molecule has 3 nitrogen and oxygen atoms in total. The summed E-state index contributed by atoms with van der Waals surface area (Å²) in [6.45, 7) is 2.20. The summed E-state index contributed by atoms with van der Waals surface area (Å²) >= 11 is 0. The molecule has 0 amide bonds. The summed E-state index contributed by atoms with van der Waals surface area (Å²) in [6, 6.07) is 10.3. The summed E-state index contributed by atoms with van der Waals surface area (Å²) < 4.78 is 10.3. The van der Waals surface area contributed by atoms with E-state index >= 15 is 0 Å². The van der Waals surface area contributed by atoms with Crippen molar-refractivity contribution in [3.05, 3.63) is 48.0 Å². The number of hydrogen-bond acceptors (Lipinski definition) is 3. The minimum atomic E-state index is -0.296. The Morgan fingerprint density at radius 1 is 1.39 bits per heavy atom. The van der Waals surface area contributed by atoms with Crippen LogP contribution in [0.15, 0.2) is 42.5 Å². The number of rotatable bonds is 6. The Kier molecular flexibility index (Phi) is 4.53. The molecule has 0 spiro atoms. The molecule has 3 heteroatoms. The zero-order chi connectivity index (χ0) is 12.8. The van der Waals surface area contributed by atoms with E-state index in [1.807, 2.05) is 18.2 Å². The van der Waals surface area contributed by atoms with Crippen molar-refractivity contribution >= 4 is 5.97 Å². The van der Waals surface area contributed by atoms with Crippen molar-refractivity contribution in [3.63, 3.8) is 0 Å². The predicted octanol–water partition coefficient (Wildman–Crippen LogP) is 2.51. The van der Waals surface area contributed by atoms with Gasteiger partial charge in [-0.1, -0.05) is 30.3 Å². The third kappa shape index (κ3) is 4.00. The number of carbonyl (C=O) groups is 1. The van der Waals surface area contributed by atoms with Gasteiger partial charge in [-0.05, 0) is 31.4 Å². The van der Waals surface area contributed by atoms with Crippen molar-refractivity contribution in [2.24, 2.45) is 0 Å². The molecule has 1 heterocycles. The quantitative estimate of drug-likeness (QED) is 0.440. The summed E-state index contributed by atoms with van der Waals surface area (Å²) in [5.41, 5.74) is 1.32. The average molecular weight is 246 g/mol. The van der Waals surface area contributed by atoms with Crippen LogP contribution in [0.1, 0.15) is 18.9 Å². The maximum Gasteiger partial charge on any atom is 0.330 e. The Labute approximate surface area is 107 Å². The van der Waals surface area contributed by atoms with E-state index in [-0.39, 0.29) is 18.2 Å². The first-order valence-corrected chi connectivity index (χ1v) is 6.34. The van der Waals surface area contributed by atoms with E-state index in [0.717, 1.165) is 12.8 Å². The molecule has 0 bridgehead atoms. The lowest BCUT2D eigenvalue weighted by atomic mass is 10.1. The summed E-state index contributed by atoms with van der Waals surface area (Å²) in [7, 11) is 0. The Morgan fingerprint density at radius 3 is 2.89 bits per heavy atom. The minimum absolute atomic E-state index is 0.0816. The molecule has 1 fully saturated rings. The largest absolute Gasteiger partial charge is 0.463 e. The van der Waals surface area contributed by atoms with Gasteiger partial charge in [-0.2, -0.15) is 0 Å². The van der Waals surface area contributed by atoms with Gasteiger partial charge in [0.15, 0.2) is 0 Å². The van der Waals surface area contributed by atoms with Gasteiger partial charge < -0.3 is 9.47 Å². The zero-order valence-electron chi connectivity index (χ0n) is 10.5. The van der Waals surface area contributed by atoms with Gasteiger partial charge >= 0.3 is 5.97 Å². The third-order valence-electron chi connectivity index (χ3n) is 2.89. The standard InChI is InChI=1S/C15H18O3/c1-2-17-15(16)11-10-14-13(18-14)9-8-12-6-4-3-5-7-12/h3-7,10-11,13-14H,2,8-9H2,1H3. The van der Waals surface area contributed by atoms with Gasteiger partial charge in [-0.3, -0.25) is 0 Å². The van der Waals surface area contributed by atoms with Gasteiger partial charge in [-0.15, -0.1) is 0 Å². The normalized spacial score (nSPS) is 22.1. The fourth-order valence-electron chi connectivity index (χ4n) is 1.88. The van der Waals surface area contributed by atoms with E-state index in [4.69, 9.17) is 9.47 Å². The van der Waals surface area contributed by atoms with Crippen LogP contribution < -0.4 is 0 Å². The highest BCUT2D eigenvalue weighted by Crippen LogP contribution is 2.27. The van der Waals surface area contributed by atoms with E-state index in [1.165, 1.54) is 11.6 Å². The van der Waals surface area contributed by atoms with Gasteiger partial charge in [0, 0.05) is 6.08 Å². The van der Waals surface area contributed by atoms with Gasteiger partial charge in [-0.25, -0.2) is 4.79 Å². The number of benzene rings is 1. The molecule has 1 saturated heterocycles. The highest BCUT2D eigenvalue weighted by Gasteiger charge is 2.35. The number of carbonyl (C=O) groups excluding carboxylic acids is 1.